The third-order valence-corrected chi connectivity index (χ3v) is 10.3. The van der Waals surface area contributed by atoms with Gasteiger partial charge in [0.25, 0.3) is 0 Å². The van der Waals surface area contributed by atoms with Crippen LogP contribution in [-0.4, -0.2) is 64.3 Å². The van der Waals surface area contributed by atoms with Crippen LogP contribution in [0.2, 0.25) is 0 Å². The summed E-state index contributed by atoms with van der Waals surface area (Å²) in [6.45, 7) is 4.18. The van der Waals surface area contributed by atoms with Crippen molar-refractivity contribution in [3.05, 3.63) is 35.0 Å². The molecule has 7 rings (SSSR count). The molecular formula is C26H32N6O3S. The molecule has 4 heterocycles. The van der Waals surface area contributed by atoms with Crippen LogP contribution < -0.4 is 20.9 Å². The molecule has 1 saturated carbocycles. The first-order chi connectivity index (χ1) is 17.5. The summed E-state index contributed by atoms with van der Waals surface area (Å²) in [4.78, 5) is 26.6. The molecule has 9 nitrogen and oxygen atoms in total. The summed E-state index contributed by atoms with van der Waals surface area (Å²) >= 11 is 0. The van der Waals surface area contributed by atoms with Gasteiger partial charge in [0.2, 0.25) is 5.95 Å². The van der Waals surface area contributed by atoms with Crippen LogP contribution in [0.3, 0.4) is 0 Å². The fraction of sp³-hybridized carbons (Fsp3) is 0.577. The summed E-state index contributed by atoms with van der Waals surface area (Å²) < 4.78 is 18.0. The van der Waals surface area contributed by atoms with E-state index in [0.717, 1.165) is 62.0 Å². The molecule has 2 aliphatic carbocycles. The topological polar surface area (TPSA) is 114 Å². The maximum atomic E-state index is 12.8. The second-order valence-electron chi connectivity index (χ2n) is 11.1. The van der Waals surface area contributed by atoms with Crippen molar-refractivity contribution in [2.24, 2.45) is 17.6 Å². The van der Waals surface area contributed by atoms with E-state index in [2.05, 4.69) is 33.3 Å². The SMILES string of the molecule is NC(=O)OCC1(Nc2nc(N3C[C@H]4CN(c5ccc6c(c5)CC6)C[C@H]4C3)nc3c2[S@](=O)CC3)CCC1. The summed E-state index contributed by atoms with van der Waals surface area (Å²) in [6, 6.07) is 6.98. The number of aromatic nitrogens is 2. The van der Waals surface area contributed by atoms with Gasteiger partial charge in [-0.1, -0.05) is 6.07 Å². The molecule has 2 saturated heterocycles. The average Bonchev–Trinajstić information content (AvgIpc) is 3.49. The largest absolute Gasteiger partial charge is 0.447 e. The van der Waals surface area contributed by atoms with Crippen LogP contribution in [0.15, 0.2) is 23.1 Å². The van der Waals surface area contributed by atoms with E-state index in [-0.39, 0.29) is 6.61 Å². The lowest BCUT2D eigenvalue weighted by molar-refractivity contribution is 0.101. The lowest BCUT2D eigenvalue weighted by atomic mass is 9.77. The normalized spacial score (nSPS) is 27.1. The van der Waals surface area contributed by atoms with Gasteiger partial charge in [-0.3, -0.25) is 4.21 Å². The quantitative estimate of drug-likeness (QED) is 0.611. The zero-order valence-corrected chi connectivity index (χ0v) is 21.2. The van der Waals surface area contributed by atoms with Crippen molar-refractivity contribution in [1.29, 1.82) is 0 Å². The highest BCUT2D eigenvalue weighted by Gasteiger charge is 2.43. The van der Waals surface area contributed by atoms with Gasteiger partial charge in [0.05, 0.1) is 22.0 Å². The zero-order valence-electron chi connectivity index (χ0n) is 20.4. The van der Waals surface area contributed by atoms with Gasteiger partial charge in [0.1, 0.15) is 17.3 Å². The van der Waals surface area contributed by atoms with Crippen LogP contribution in [0.1, 0.15) is 36.1 Å². The van der Waals surface area contributed by atoms with Gasteiger partial charge in [-0.15, -0.1) is 0 Å². The van der Waals surface area contributed by atoms with E-state index in [1.807, 2.05) is 0 Å². The van der Waals surface area contributed by atoms with Gasteiger partial charge < -0.3 is 25.6 Å². The highest BCUT2D eigenvalue weighted by Crippen LogP contribution is 2.41. The first-order valence-electron chi connectivity index (χ1n) is 13.1. The van der Waals surface area contributed by atoms with E-state index in [9.17, 15) is 9.00 Å². The number of hydrogen-bond acceptors (Lipinski definition) is 8. The molecule has 0 unspecified atom stereocenters. The van der Waals surface area contributed by atoms with E-state index in [0.29, 0.717) is 29.8 Å². The number of benzene rings is 1. The molecule has 3 N–H and O–H groups in total. The number of amides is 1. The lowest BCUT2D eigenvalue weighted by Crippen LogP contribution is -2.50. The number of rotatable bonds is 6. The van der Waals surface area contributed by atoms with Gasteiger partial charge in [-0.05, 0) is 55.4 Å². The van der Waals surface area contributed by atoms with Crippen molar-refractivity contribution < 1.29 is 13.7 Å². The Morgan fingerprint density at radius 1 is 1.08 bits per heavy atom. The minimum atomic E-state index is -1.12. The molecule has 5 aliphatic rings. The first-order valence-corrected chi connectivity index (χ1v) is 14.4. The molecule has 0 spiro atoms. The first kappa shape index (κ1) is 22.3. The number of aryl methyl sites for hydroxylation is 3. The Bertz CT molecular complexity index is 1250. The summed E-state index contributed by atoms with van der Waals surface area (Å²) in [7, 11) is -1.12. The number of primary amides is 1. The molecule has 3 aliphatic heterocycles. The molecule has 3 fully saturated rings. The van der Waals surface area contributed by atoms with E-state index < -0.39 is 22.4 Å². The number of ether oxygens (including phenoxy) is 1. The average molecular weight is 509 g/mol. The fourth-order valence-corrected chi connectivity index (χ4v) is 7.83. The molecular weight excluding hydrogens is 476 g/mol. The number of anilines is 3. The molecule has 190 valence electrons. The Balaban J connectivity index is 1.10. The predicted molar refractivity (Wildman–Crippen MR) is 138 cm³/mol. The molecule has 3 atom stereocenters. The van der Waals surface area contributed by atoms with Crippen LogP contribution in [0.4, 0.5) is 22.2 Å². The van der Waals surface area contributed by atoms with Gasteiger partial charge in [0.15, 0.2) is 0 Å². The third-order valence-electron chi connectivity index (χ3n) is 8.85. The van der Waals surface area contributed by atoms with Gasteiger partial charge >= 0.3 is 6.09 Å². The van der Waals surface area contributed by atoms with Crippen molar-refractivity contribution in [3.63, 3.8) is 0 Å². The van der Waals surface area contributed by atoms with Crippen molar-refractivity contribution in [2.45, 2.75) is 49.0 Å². The summed E-state index contributed by atoms with van der Waals surface area (Å²) in [6.07, 6.45) is 5.10. The Hall–Kier alpha value is -2.88. The summed E-state index contributed by atoms with van der Waals surface area (Å²) in [5, 5.41) is 3.52. The van der Waals surface area contributed by atoms with E-state index in [4.69, 9.17) is 20.4 Å². The Kier molecular flexibility index (Phi) is 5.16. The zero-order chi connectivity index (χ0) is 24.4. The summed E-state index contributed by atoms with van der Waals surface area (Å²) in [5.74, 6) is 3.11. The van der Waals surface area contributed by atoms with E-state index in [1.165, 1.54) is 29.7 Å². The van der Waals surface area contributed by atoms with Crippen molar-refractivity contribution in [3.8, 4) is 0 Å². The van der Waals surface area contributed by atoms with Crippen LogP contribution >= 0.6 is 0 Å². The molecule has 1 aromatic heterocycles. The van der Waals surface area contributed by atoms with Crippen molar-refractivity contribution in [2.75, 3.05) is 53.7 Å². The molecule has 2 aromatic rings. The molecule has 36 heavy (non-hydrogen) atoms. The lowest BCUT2D eigenvalue weighted by Gasteiger charge is -2.42. The Morgan fingerprint density at radius 2 is 1.83 bits per heavy atom. The van der Waals surface area contributed by atoms with Gasteiger partial charge in [-0.2, -0.15) is 4.98 Å². The molecule has 1 aromatic carbocycles. The smallest absolute Gasteiger partial charge is 0.404 e. The number of fused-ring (bicyclic) bond motifs is 3. The van der Waals surface area contributed by atoms with Gasteiger partial charge in [0, 0.05) is 55.9 Å². The second-order valence-corrected chi connectivity index (χ2v) is 12.6. The Labute approximate surface area is 213 Å². The van der Waals surface area contributed by atoms with Crippen molar-refractivity contribution in [1.82, 2.24) is 9.97 Å². The number of nitrogens with zero attached hydrogens (tertiary/aromatic N) is 4. The highest BCUT2D eigenvalue weighted by molar-refractivity contribution is 7.85. The number of nitrogens with two attached hydrogens (primary N) is 1. The molecule has 0 bridgehead atoms. The van der Waals surface area contributed by atoms with E-state index >= 15 is 0 Å². The standard InChI is InChI=1S/C26H32N6O3S/c27-24(33)35-15-26(7-1-8-26)30-23-22-21(6-9-36(22)34)28-25(29-23)32-13-18-11-31(12-19(18)14-32)20-5-4-16-2-3-17(16)10-20/h4-5,10,18-19H,1-3,6-9,11-15H2,(H2,27,33)(H,28,29,30)/t18-,19+,36-/m1/s1. The summed E-state index contributed by atoms with van der Waals surface area (Å²) in [5.41, 5.74) is 10.1. The maximum absolute atomic E-state index is 12.8. The van der Waals surface area contributed by atoms with Crippen LogP contribution in [0.25, 0.3) is 0 Å². The monoisotopic (exact) mass is 508 g/mol. The number of carbonyl (C=O) groups excluding carboxylic acids is 1. The minimum absolute atomic E-state index is 0.190. The fourth-order valence-electron chi connectivity index (χ4n) is 6.53. The van der Waals surface area contributed by atoms with Gasteiger partial charge in [-0.25, -0.2) is 9.78 Å². The van der Waals surface area contributed by atoms with Crippen LogP contribution in [-0.2, 0) is 34.8 Å². The molecule has 10 heteroatoms. The highest BCUT2D eigenvalue weighted by atomic mass is 32.2. The number of hydrogen-bond donors (Lipinski definition) is 2. The predicted octanol–water partition coefficient (Wildman–Crippen LogP) is 2.24. The van der Waals surface area contributed by atoms with E-state index in [1.54, 1.807) is 0 Å². The van der Waals surface area contributed by atoms with Crippen molar-refractivity contribution >= 4 is 34.3 Å². The third kappa shape index (κ3) is 3.72. The Morgan fingerprint density at radius 3 is 2.47 bits per heavy atom. The minimum Gasteiger partial charge on any atom is -0.447 e. The van der Waals surface area contributed by atoms with Crippen LogP contribution in [0, 0.1) is 11.8 Å². The van der Waals surface area contributed by atoms with Crippen LogP contribution in [0.5, 0.6) is 0 Å². The second kappa shape index (κ2) is 8.33. The molecule has 0 radical (unpaired) electrons. The number of carbonyl (C=O) groups is 1. The number of nitrogens with one attached hydrogen (secondary N) is 1. The molecule has 1 amide bonds. The maximum Gasteiger partial charge on any atom is 0.404 e.